The molecule has 0 heterocycles. The van der Waals surface area contributed by atoms with Gasteiger partial charge in [0.05, 0.1) is 5.56 Å². The Hall–Kier alpha value is -2.56. The van der Waals surface area contributed by atoms with Crippen molar-refractivity contribution in [2.75, 3.05) is 6.61 Å². The number of hydrogen-bond donors (Lipinski definition) is 0. The average Bonchev–Trinajstić information content (AvgIpc) is 2.52. The van der Waals surface area contributed by atoms with Gasteiger partial charge in [0, 0.05) is 11.1 Å². The van der Waals surface area contributed by atoms with Crippen molar-refractivity contribution in [3.8, 4) is 5.75 Å². The monoisotopic (exact) mass is 320 g/mol. The van der Waals surface area contributed by atoms with Gasteiger partial charge in [0.15, 0.2) is 5.78 Å². The van der Waals surface area contributed by atoms with Crippen molar-refractivity contribution >= 4 is 5.78 Å². The van der Waals surface area contributed by atoms with E-state index >= 15 is 0 Å². The van der Waals surface area contributed by atoms with E-state index in [1.165, 1.54) is 18.2 Å². The molecule has 2 nitrogen and oxygen atoms in total. The predicted octanol–water partition coefficient (Wildman–Crippen LogP) is 4.81. The molecule has 0 aliphatic heterocycles. The van der Waals surface area contributed by atoms with Crippen LogP contribution in [0.3, 0.4) is 0 Å². The van der Waals surface area contributed by atoms with Crippen LogP contribution in [0.2, 0.25) is 0 Å². The minimum atomic E-state index is -4.48. The molecule has 0 spiro atoms. The summed E-state index contributed by atoms with van der Waals surface area (Å²) in [4.78, 5) is 12.4. The average molecular weight is 320 g/mol. The van der Waals surface area contributed by atoms with Crippen LogP contribution in [-0.4, -0.2) is 12.4 Å². The maximum Gasteiger partial charge on any atom is 0.416 e. The second kappa shape index (κ2) is 6.69. The van der Waals surface area contributed by atoms with E-state index in [4.69, 9.17) is 4.74 Å². The molecule has 5 heteroatoms. The van der Waals surface area contributed by atoms with Gasteiger partial charge in [0.1, 0.15) is 12.4 Å². The Morgan fingerprint density at radius 3 is 2.48 bits per heavy atom. The van der Waals surface area contributed by atoms with Crippen LogP contribution in [-0.2, 0) is 6.18 Å². The van der Waals surface area contributed by atoms with Gasteiger partial charge in [-0.1, -0.05) is 24.8 Å². The molecular formula is C18H15F3O2. The maximum atomic E-state index is 12.7. The molecule has 0 amide bonds. The lowest BCUT2D eigenvalue weighted by Gasteiger charge is -2.10. The second-order valence-electron chi connectivity index (χ2n) is 4.99. The molecular weight excluding hydrogens is 305 g/mol. The van der Waals surface area contributed by atoms with Gasteiger partial charge in [-0.25, -0.2) is 0 Å². The number of halogens is 3. The number of carbonyl (C=O) groups excluding carboxylic acids is 1. The lowest BCUT2D eigenvalue weighted by molar-refractivity contribution is -0.137. The predicted molar refractivity (Wildman–Crippen MR) is 81.7 cm³/mol. The van der Waals surface area contributed by atoms with Gasteiger partial charge < -0.3 is 4.74 Å². The molecule has 0 radical (unpaired) electrons. The number of aryl methyl sites for hydroxylation is 1. The smallest absolute Gasteiger partial charge is 0.416 e. The molecule has 0 aromatic heterocycles. The van der Waals surface area contributed by atoms with Gasteiger partial charge in [-0.15, -0.1) is 0 Å². The van der Waals surface area contributed by atoms with Crippen molar-refractivity contribution in [1.29, 1.82) is 0 Å². The summed E-state index contributed by atoms with van der Waals surface area (Å²) in [7, 11) is 0. The van der Waals surface area contributed by atoms with Crippen LogP contribution in [0.15, 0.2) is 55.1 Å². The molecule has 2 aromatic rings. The zero-order valence-corrected chi connectivity index (χ0v) is 12.5. The summed E-state index contributed by atoms with van der Waals surface area (Å²) in [5.74, 6) is 0.139. The molecule has 0 unspecified atom stereocenters. The van der Waals surface area contributed by atoms with Crippen molar-refractivity contribution in [2.45, 2.75) is 13.1 Å². The van der Waals surface area contributed by atoms with E-state index in [1.807, 2.05) is 0 Å². The summed E-state index contributed by atoms with van der Waals surface area (Å²) >= 11 is 0. The summed E-state index contributed by atoms with van der Waals surface area (Å²) in [6.45, 7) is 5.65. The highest BCUT2D eigenvalue weighted by molar-refractivity contribution is 6.09. The Kier molecular flexibility index (Phi) is 4.89. The van der Waals surface area contributed by atoms with E-state index in [0.717, 1.165) is 17.7 Å². The summed E-state index contributed by atoms with van der Waals surface area (Å²) in [5, 5.41) is 0. The third-order valence-corrected chi connectivity index (χ3v) is 3.25. The summed E-state index contributed by atoms with van der Waals surface area (Å²) in [5.41, 5.74) is 0.197. The maximum absolute atomic E-state index is 12.7. The number of carbonyl (C=O) groups is 1. The highest BCUT2D eigenvalue weighted by Gasteiger charge is 2.31. The quantitative estimate of drug-likeness (QED) is 0.584. The number of rotatable bonds is 5. The van der Waals surface area contributed by atoms with Crippen molar-refractivity contribution in [3.63, 3.8) is 0 Å². The first-order valence-electron chi connectivity index (χ1n) is 6.89. The minimum Gasteiger partial charge on any atom is -0.489 e. The molecule has 120 valence electrons. The van der Waals surface area contributed by atoms with E-state index in [1.54, 1.807) is 25.1 Å². The second-order valence-corrected chi connectivity index (χ2v) is 4.99. The first-order valence-corrected chi connectivity index (χ1v) is 6.89. The number of hydrogen-bond acceptors (Lipinski definition) is 2. The SMILES string of the molecule is C=CCOc1ccc(C(=O)c2cccc(C(F)(F)F)c2)cc1C. The molecule has 2 rings (SSSR count). The van der Waals surface area contributed by atoms with E-state index in [0.29, 0.717) is 17.9 Å². The number of alkyl halides is 3. The van der Waals surface area contributed by atoms with E-state index in [9.17, 15) is 18.0 Å². The number of ether oxygens (including phenoxy) is 1. The molecule has 0 saturated heterocycles. The molecule has 0 N–H and O–H groups in total. The summed E-state index contributed by atoms with van der Waals surface area (Å²) < 4.78 is 43.6. The summed E-state index contributed by atoms with van der Waals surface area (Å²) in [6.07, 6.45) is -2.88. The van der Waals surface area contributed by atoms with Gasteiger partial charge in [0.2, 0.25) is 0 Å². The third-order valence-electron chi connectivity index (χ3n) is 3.25. The van der Waals surface area contributed by atoms with Crippen LogP contribution < -0.4 is 4.74 Å². The molecule has 0 saturated carbocycles. The fraction of sp³-hybridized carbons (Fsp3) is 0.167. The highest BCUT2D eigenvalue weighted by Crippen LogP contribution is 2.30. The molecule has 0 atom stereocenters. The zero-order valence-electron chi connectivity index (χ0n) is 12.5. The normalized spacial score (nSPS) is 11.1. The van der Waals surface area contributed by atoms with Crippen LogP contribution in [0, 0.1) is 6.92 Å². The van der Waals surface area contributed by atoms with Gasteiger partial charge >= 0.3 is 6.18 Å². The lowest BCUT2D eigenvalue weighted by atomic mass is 9.99. The van der Waals surface area contributed by atoms with Crippen molar-refractivity contribution < 1.29 is 22.7 Å². The largest absolute Gasteiger partial charge is 0.489 e. The van der Waals surface area contributed by atoms with Crippen LogP contribution in [0.4, 0.5) is 13.2 Å². The van der Waals surface area contributed by atoms with Gasteiger partial charge in [-0.05, 0) is 42.8 Å². The standard InChI is InChI=1S/C18H15F3O2/c1-3-9-23-16-8-7-14(10-12(16)2)17(22)13-5-4-6-15(11-13)18(19,20)21/h3-8,10-11H,1,9H2,2H3. The van der Waals surface area contributed by atoms with E-state index < -0.39 is 17.5 Å². The van der Waals surface area contributed by atoms with Crippen molar-refractivity contribution in [3.05, 3.63) is 77.4 Å². The number of benzene rings is 2. The molecule has 0 aliphatic carbocycles. The van der Waals surface area contributed by atoms with Crippen LogP contribution in [0.1, 0.15) is 27.0 Å². The van der Waals surface area contributed by atoms with Gasteiger partial charge in [0.25, 0.3) is 0 Å². The fourth-order valence-corrected chi connectivity index (χ4v) is 2.10. The molecule has 0 bridgehead atoms. The molecule has 0 fully saturated rings. The zero-order chi connectivity index (χ0) is 17.0. The Balaban J connectivity index is 2.30. The van der Waals surface area contributed by atoms with E-state index in [-0.39, 0.29) is 5.56 Å². The van der Waals surface area contributed by atoms with Crippen molar-refractivity contribution in [2.24, 2.45) is 0 Å². The third kappa shape index (κ3) is 4.00. The minimum absolute atomic E-state index is 0.000940. The molecule has 0 aliphatic rings. The van der Waals surface area contributed by atoms with Crippen LogP contribution in [0.25, 0.3) is 0 Å². The molecule has 23 heavy (non-hydrogen) atoms. The summed E-state index contributed by atoms with van der Waals surface area (Å²) in [6, 6.07) is 9.16. The highest BCUT2D eigenvalue weighted by atomic mass is 19.4. The fourth-order valence-electron chi connectivity index (χ4n) is 2.10. The molecule has 2 aromatic carbocycles. The van der Waals surface area contributed by atoms with Crippen molar-refractivity contribution in [1.82, 2.24) is 0 Å². The first-order chi connectivity index (χ1) is 10.8. The van der Waals surface area contributed by atoms with Crippen LogP contribution in [0.5, 0.6) is 5.75 Å². The van der Waals surface area contributed by atoms with Crippen LogP contribution >= 0.6 is 0 Å². The Labute approximate surface area is 132 Å². The first kappa shape index (κ1) is 16.8. The lowest BCUT2D eigenvalue weighted by Crippen LogP contribution is -2.08. The Morgan fingerprint density at radius 1 is 1.17 bits per heavy atom. The van der Waals surface area contributed by atoms with Gasteiger partial charge in [-0.3, -0.25) is 4.79 Å². The topological polar surface area (TPSA) is 26.3 Å². The Bertz CT molecular complexity index is 733. The van der Waals surface area contributed by atoms with Gasteiger partial charge in [-0.2, -0.15) is 13.2 Å². The Morgan fingerprint density at radius 2 is 1.87 bits per heavy atom. The van der Waals surface area contributed by atoms with E-state index in [2.05, 4.69) is 6.58 Å². The number of ketones is 1.